The Morgan fingerprint density at radius 3 is 2.68 bits per heavy atom. The SMILES string of the molecule is O=C(CC1CCON1)NC(CCCCNC1N=CCCN1)(NS(=O)(=O)c1ccccc1)C(=O)O. The molecule has 3 rings (SSSR count). The molecule has 0 radical (unpaired) electrons. The number of amides is 1. The highest BCUT2D eigenvalue weighted by Gasteiger charge is 2.44. The van der Waals surface area contributed by atoms with E-state index < -0.39 is 27.6 Å². The molecular weight excluding hydrogens is 464 g/mol. The van der Waals surface area contributed by atoms with Gasteiger partial charge in [-0.3, -0.25) is 20.4 Å². The number of carboxylic acids is 1. The molecule has 12 nitrogen and oxygen atoms in total. The van der Waals surface area contributed by atoms with Crippen LogP contribution in [0.2, 0.25) is 0 Å². The summed E-state index contributed by atoms with van der Waals surface area (Å²) in [5.41, 5.74) is 0.493. The summed E-state index contributed by atoms with van der Waals surface area (Å²) in [4.78, 5) is 34.3. The van der Waals surface area contributed by atoms with Gasteiger partial charge < -0.3 is 15.3 Å². The second kappa shape index (κ2) is 12.3. The van der Waals surface area contributed by atoms with Crippen LogP contribution in [0, 0.1) is 0 Å². The Balaban J connectivity index is 1.69. The van der Waals surface area contributed by atoms with Crippen LogP contribution in [-0.4, -0.2) is 69.3 Å². The lowest BCUT2D eigenvalue weighted by molar-refractivity contribution is -0.149. The van der Waals surface area contributed by atoms with Crippen molar-refractivity contribution in [3.63, 3.8) is 0 Å². The van der Waals surface area contributed by atoms with Gasteiger partial charge in [0.25, 0.3) is 0 Å². The number of rotatable bonds is 13. The van der Waals surface area contributed by atoms with Gasteiger partial charge >= 0.3 is 5.97 Å². The molecule has 3 atom stereocenters. The maximum atomic E-state index is 13.0. The van der Waals surface area contributed by atoms with Crippen molar-refractivity contribution in [2.75, 3.05) is 19.7 Å². The fraction of sp³-hybridized carbons (Fsp3) is 0.571. The summed E-state index contributed by atoms with van der Waals surface area (Å²) < 4.78 is 28.2. The second-order valence-corrected chi connectivity index (χ2v) is 9.90. The van der Waals surface area contributed by atoms with Gasteiger partial charge in [-0.1, -0.05) is 18.2 Å². The Hall–Kier alpha value is -2.42. The quantitative estimate of drug-likeness (QED) is 0.158. The molecule has 1 aromatic rings. The van der Waals surface area contributed by atoms with Crippen LogP contribution in [0.1, 0.15) is 38.5 Å². The van der Waals surface area contributed by atoms with E-state index in [-0.39, 0.29) is 30.1 Å². The number of aliphatic imine (C=N–C) groups is 1. The number of carboxylic acid groups (broad SMARTS) is 1. The highest BCUT2D eigenvalue weighted by atomic mass is 32.2. The van der Waals surface area contributed by atoms with Crippen LogP contribution >= 0.6 is 0 Å². The van der Waals surface area contributed by atoms with Gasteiger partial charge in [0, 0.05) is 25.2 Å². The van der Waals surface area contributed by atoms with Crippen LogP contribution in [0.4, 0.5) is 0 Å². The van der Waals surface area contributed by atoms with Crippen molar-refractivity contribution in [1.82, 2.24) is 26.2 Å². The topological polar surface area (TPSA) is 170 Å². The number of hydrogen-bond donors (Lipinski definition) is 6. The van der Waals surface area contributed by atoms with Crippen molar-refractivity contribution < 1.29 is 28.0 Å². The van der Waals surface area contributed by atoms with Gasteiger partial charge in [-0.2, -0.15) is 10.2 Å². The van der Waals surface area contributed by atoms with E-state index in [1.165, 1.54) is 24.3 Å². The molecule has 2 aliphatic heterocycles. The van der Waals surface area contributed by atoms with Gasteiger partial charge in [-0.05, 0) is 50.8 Å². The van der Waals surface area contributed by atoms with Gasteiger partial charge in [-0.25, -0.2) is 13.2 Å². The van der Waals surface area contributed by atoms with Crippen LogP contribution < -0.4 is 26.2 Å². The minimum absolute atomic E-state index is 0.0466. The van der Waals surface area contributed by atoms with Crippen LogP contribution in [0.5, 0.6) is 0 Å². The number of sulfonamides is 1. The van der Waals surface area contributed by atoms with E-state index in [9.17, 15) is 23.1 Å². The number of carbonyl (C=O) groups excluding carboxylic acids is 1. The molecule has 34 heavy (non-hydrogen) atoms. The maximum absolute atomic E-state index is 13.0. The third-order valence-corrected chi connectivity index (χ3v) is 7.02. The number of nitrogens with one attached hydrogen (secondary N) is 5. The molecule has 6 N–H and O–H groups in total. The van der Waals surface area contributed by atoms with E-state index in [2.05, 4.69) is 31.1 Å². The predicted molar refractivity (Wildman–Crippen MR) is 124 cm³/mol. The number of carbonyl (C=O) groups is 2. The highest BCUT2D eigenvalue weighted by molar-refractivity contribution is 7.89. The number of aliphatic carboxylic acids is 1. The highest BCUT2D eigenvalue weighted by Crippen LogP contribution is 2.19. The molecule has 0 spiro atoms. The summed E-state index contributed by atoms with van der Waals surface area (Å²) in [6.07, 6.45) is 3.78. The summed E-state index contributed by atoms with van der Waals surface area (Å²) >= 11 is 0. The molecular formula is C21H32N6O6S. The van der Waals surface area contributed by atoms with Crippen molar-refractivity contribution in [3.8, 4) is 0 Å². The first kappa shape index (κ1) is 26.2. The van der Waals surface area contributed by atoms with E-state index in [1.807, 2.05) is 6.21 Å². The van der Waals surface area contributed by atoms with Crippen molar-refractivity contribution >= 4 is 28.1 Å². The standard InChI is InChI=1S/C21H32N6O6S/c28-18(15-16-9-14-33-26-16)25-21(19(29)30,27-34(31,32)17-7-2-1-3-8-17)10-4-5-11-22-20-23-12-6-13-24-20/h1-3,7-8,12,16,20,22,24,26-27H,4-6,9-11,13-15H2,(H,25,28)(H,29,30). The Kier molecular flexibility index (Phi) is 9.50. The largest absolute Gasteiger partial charge is 0.478 e. The Bertz CT molecular complexity index is 954. The third kappa shape index (κ3) is 7.55. The molecule has 0 saturated carbocycles. The minimum atomic E-state index is -4.23. The number of benzene rings is 1. The van der Waals surface area contributed by atoms with Crippen molar-refractivity contribution in [2.24, 2.45) is 4.99 Å². The van der Waals surface area contributed by atoms with Crippen molar-refractivity contribution in [3.05, 3.63) is 30.3 Å². The molecule has 188 valence electrons. The lowest BCUT2D eigenvalue weighted by atomic mass is 10.0. The zero-order valence-corrected chi connectivity index (χ0v) is 19.6. The molecule has 1 amide bonds. The fourth-order valence-electron chi connectivity index (χ4n) is 3.72. The molecule has 1 fully saturated rings. The first-order valence-corrected chi connectivity index (χ1v) is 12.8. The normalized spacial score (nSPS) is 22.2. The molecule has 2 aliphatic rings. The summed E-state index contributed by atoms with van der Waals surface area (Å²) in [5.74, 6) is -2.08. The van der Waals surface area contributed by atoms with Gasteiger partial charge in [-0.15, -0.1) is 0 Å². The van der Waals surface area contributed by atoms with E-state index in [0.717, 1.165) is 13.0 Å². The average molecular weight is 497 g/mol. The fourth-order valence-corrected chi connectivity index (χ4v) is 5.05. The number of unbranched alkanes of at least 4 members (excludes halogenated alkanes) is 1. The molecule has 13 heteroatoms. The van der Waals surface area contributed by atoms with E-state index >= 15 is 0 Å². The third-order valence-electron chi connectivity index (χ3n) is 5.51. The predicted octanol–water partition coefficient (Wildman–Crippen LogP) is -0.347. The summed E-state index contributed by atoms with van der Waals surface area (Å²) in [5, 5.41) is 18.9. The first-order valence-electron chi connectivity index (χ1n) is 11.3. The minimum Gasteiger partial charge on any atom is -0.478 e. The Labute approximate surface area is 198 Å². The monoisotopic (exact) mass is 496 g/mol. The number of hydroxylamine groups is 1. The summed E-state index contributed by atoms with van der Waals surface area (Å²) in [7, 11) is -4.23. The number of nitrogens with zero attached hydrogens (tertiary/aromatic N) is 1. The summed E-state index contributed by atoms with van der Waals surface area (Å²) in [6, 6.07) is 7.17. The summed E-state index contributed by atoms with van der Waals surface area (Å²) in [6.45, 7) is 1.79. The van der Waals surface area contributed by atoms with Crippen LogP contribution in [-0.2, 0) is 24.4 Å². The molecule has 3 unspecified atom stereocenters. The van der Waals surface area contributed by atoms with E-state index in [4.69, 9.17) is 4.84 Å². The average Bonchev–Trinajstić information content (AvgIpc) is 3.32. The van der Waals surface area contributed by atoms with Gasteiger partial charge in [0.1, 0.15) is 0 Å². The molecule has 1 saturated heterocycles. The van der Waals surface area contributed by atoms with Gasteiger partial charge in [0.2, 0.25) is 21.6 Å². The lowest BCUT2D eigenvalue weighted by Gasteiger charge is -2.32. The van der Waals surface area contributed by atoms with Gasteiger partial charge in [0.15, 0.2) is 6.29 Å². The second-order valence-electron chi connectivity index (χ2n) is 8.22. The first-order chi connectivity index (χ1) is 16.3. The van der Waals surface area contributed by atoms with Crippen molar-refractivity contribution in [2.45, 2.75) is 61.4 Å². The Morgan fingerprint density at radius 1 is 1.24 bits per heavy atom. The van der Waals surface area contributed by atoms with Gasteiger partial charge in [0.05, 0.1) is 11.5 Å². The maximum Gasteiger partial charge on any atom is 0.345 e. The molecule has 0 aliphatic carbocycles. The molecule has 1 aromatic carbocycles. The smallest absolute Gasteiger partial charge is 0.345 e. The zero-order valence-electron chi connectivity index (χ0n) is 18.8. The Morgan fingerprint density at radius 2 is 2.03 bits per heavy atom. The van der Waals surface area contributed by atoms with Crippen LogP contribution in [0.25, 0.3) is 0 Å². The van der Waals surface area contributed by atoms with Crippen molar-refractivity contribution in [1.29, 1.82) is 0 Å². The van der Waals surface area contributed by atoms with Crippen LogP contribution in [0.3, 0.4) is 0 Å². The molecule has 0 aromatic heterocycles. The molecule has 0 bridgehead atoms. The van der Waals surface area contributed by atoms with E-state index in [0.29, 0.717) is 32.4 Å². The van der Waals surface area contributed by atoms with Crippen LogP contribution in [0.15, 0.2) is 40.2 Å². The zero-order chi connectivity index (χ0) is 24.4. The molecule has 2 heterocycles. The van der Waals surface area contributed by atoms with E-state index in [1.54, 1.807) is 6.07 Å². The lowest BCUT2D eigenvalue weighted by Crippen LogP contribution is -2.65. The number of hydrogen-bond acceptors (Lipinski definition) is 9.